The van der Waals surface area contributed by atoms with Crippen LogP contribution in [0, 0.1) is 48.5 Å². The van der Waals surface area contributed by atoms with E-state index in [4.69, 9.17) is 0 Å². The van der Waals surface area contributed by atoms with Crippen molar-refractivity contribution >= 4 is 97.0 Å². The Labute approximate surface area is 833 Å². The topological polar surface area (TPSA) is 0 Å². The number of aryl methyl sites for hydroxylation is 6. The van der Waals surface area contributed by atoms with Gasteiger partial charge < -0.3 is 0 Å². The molecule has 0 nitrogen and oxygen atoms in total. The Morgan fingerprint density at radius 1 is 0.134 bits per heavy atom. The molecular weight excluding hydrogens is 1710 g/mol. The first-order chi connectivity index (χ1) is 69.1. The molecule has 142 heavy (non-hydrogen) atoms. The molecule has 0 amide bonds. The summed E-state index contributed by atoms with van der Waals surface area (Å²) in [5, 5.41) is 23.1. The molecule has 0 heteroatoms. The molecule has 3 aliphatic carbocycles. The zero-order valence-electron chi connectivity index (χ0n) is 83.0. The Balaban J connectivity index is 0.000000112. The van der Waals surface area contributed by atoms with Crippen LogP contribution in [0.3, 0.4) is 0 Å². The van der Waals surface area contributed by atoms with Gasteiger partial charge in [-0.15, -0.1) is 0 Å². The van der Waals surface area contributed by atoms with E-state index >= 15 is 0 Å². The normalized spacial score (nSPS) is 13.3. The monoisotopic (exact) mass is 1810 g/mol. The predicted molar refractivity (Wildman–Crippen MR) is 612 cm³/mol. The van der Waals surface area contributed by atoms with E-state index in [0.717, 1.165) is 0 Å². The molecule has 0 aromatic heterocycles. The van der Waals surface area contributed by atoms with Gasteiger partial charge in [-0.05, 0) is 382 Å². The van der Waals surface area contributed by atoms with E-state index in [-0.39, 0.29) is 16.2 Å². The molecular formula is C142H110. The average Bonchev–Trinajstić information content (AvgIpc) is 0.745. The van der Waals surface area contributed by atoms with Gasteiger partial charge in [0, 0.05) is 16.2 Å². The van der Waals surface area contributed by atoms with E-state index in [1.54, 1.807) is 0 Å². The molecule has 0 heterocycles. The first-order valence-corrected chi connectivity index (χ1v) is 50.5. The van der Waals surface area contributed by atoms with Crippen molar-refractivity contribution in [2.75, 3.05) is 0 Å². The van der Waals surface area contributed by atoms with E-state index < -0.39 is 0 Å². The zero-order valence-corrected chi connectivity index (χ0v) is 83.0. The lowest BCUT2D eigenvalue weighted by Crippen LogP contribution is -2.14. The van der Waals surface area contributed by atoms with E-state index in [1.807, 2.05) is 0 Å². The summed E-state index contributed by atoms with van der Waals surface area (Å²) in [7, 11) is 0. The maximum Gasteiger partial charge on any atom is 0.0159 e. The molecule has 0 radical (unpaired) electrons. The molecule has 0 aliphatic heterocycles. The highest BCUT2D eigenvalue weighted by Gasteiger charge is 2.40. The lowest BCUT2D eigenvalue weighted by molar-refractivity contribution is 0.660. The lowest BCUT2D eigenvalue weighted by atomic mass is 9.80. The van der Waals surface area contributed by atoms with Crippen LogP contribution in [0.5, 0.6) is 0 Å². The molecule has 0 bridgehead atoms. The van der Waals surface area contributed by atoms with Crippen LogP contribution in [0.2, 0.25) is 0 Å². The fourth-order valence-electron chi connectivity index (χ4n) is 25.1. The molecule has 0 fully saturated rings. The molecule has 0 saturated heterocycles. The van der Waals surface area contributed by atoms with Gasteiger partial charge in [0.05, 0.1) is 0 Å². The van der Waals surface area contributed by atoms with Gasteiger partial charge in [-0.3, -0.25) is 0 Å². The Bertz CT molecular complexity index is 9420. The second-order valence-electron chi connectivity index (χ2n) is 41.9. The van der Waals surface area contributed by atoms with Crippen LogP contribution in [0.15, 0.2) is 431 Å². The largest absolute Gasteiger partial charge is 0.0619 e. The van der Waals surface area contributed by atoms with Crippen LogP contribution < -0.4 is 0 Å². The van der Waals surface area contributed by atoms with Crippen LogP contribution in [-0.4, -0.2) is 0 Å². The van der Waals surface area contributed by atoms with Gasteiger partial charge in [-0.25, -0.2) is 0 Å². The third kappa shape index (κ3) is 14.0. The Hall–Kier alpha value is -16.4. The summed E-state index contributed by atoms with van der Waals surface area (Å²) in [6, 6.07) is 162. The van der Waals surface area contributed by atoms with Crippen molar-refractivity contribution in [3.8, 4) is 134 Å². The van der Waals surface area contributed by atoms with Crippen molar-refractivity contribution < 1.29 is 0 Å². The van der Waals surface area contributed by atoms with Gasteiger partial charge in [0.1, 0.15) is 0 Å². The molecule has 27 rings (SSSR count). The smallest absolute Gasteiger partial charge is 0.0159 e. The fraction of sp³-hybridized carbons (Fsp3) is 0.113. The fourth-order valence-corrected chi connectivity index (χ4v) is 25.1. The van der Waals surface area contributed by atoms with Crippen LogP contribution in [0.4, 0.5) is 0 Å². The molecule has 3 aliphatic rings. The van der Waals surface area contributed by atoms with E-state index in [0.29, 0.717) is 0 Å². The van der Waals surface area contributed by atoms with E-state index in [1.165, 1.54) is 303 Å². The van der Waals surface area contributed by atoms with Crippen molar-refractivity contribution in [2.45, 2.75) is 106 Å². The summed E-state index contributed by atoms with van der Waals surface area (Å²) in [6.45, 7) is 29.8. The van der Waals surface area contributed by atoms with Crippen molar-refractivity contribution in [2.24, 2.45) is 0 Å². The van der Waals surface area contributed by atoms with E-state index in [9.17, 15) is 0 Å². The van der Waals surface area contributed by atoms with Crippen molar-refractivity contribution in [3.63, 3.8) is 0 Å². The van der Waals surface area contributed by atoms with E-state index in [2.05, 4.69) is 521 Å². The highest BCUT2D eigenvalue weighted by molar-refractivity contribution is 6.26. The maximum absolute atomic E-state index is 2.49. The molecule has 24 aromatic rings. The number of rotatable bonds is 9. The number of hydrogen-bond acceptors (Lipinski definition) is 0. The minimum atomic E-state index is -0.0709. The van der Waals surface area contributed by atoms with Gasteiger partial charge in [0.25, 0.3) is 0 Å². The van der Waals surface area contributed by atoms with Gasteiger partial charge in [-0.1, -0.05) is 441 Å². The third-order valence-corrected chi connectivity index (χ3v) is 32.7. The Kier molecular flexibility index (Phi) is 20.7. The first kappa shape index (κ1) is 87.1. The molecule has 0 spiro atoms. The maximum atomic E-state index is 2.49. The summed E-state index contributed by atoms with van der Waals surface area (Å²) in [5.74, 6) is 0. The Morgan fingerprint density at radius 2 is 0.387 bits per heavy atom. The van der Waals surface area contributed by atoms with Crippen LogP contribution in [0.1, 0.15) is 114 Å². The van der Waals surface area contributed by atoms with Gasteiger partial charge in [-0.2, -0.15) is 0 Å². The standard InChI is InChI=1S/C48H38.2C47H36/c1-29-25-35(26-30(2)31(29)3)47-41-18-9-8-17-40(41)46(34-22-23-39-38-16-10-11-20-44(38)48(4,5)45(39)28-34)43-27-33(21-24-42(43)47)37-19-12-14-32-13-6-7-15-36(32)37;1-29-20-23-34(30(2)26-29)46-40-17-8-7-16-39(40)45(33-22-24-38-37-15-9-10-19-43(37)47(3,4)44(38)28-33)42-27-32(21-25-41(42)46)36-18-11-13-31-12-5-6-14-35(31)36;1-29-20-21-33(26-30(29)2)45-39-16-7-8-17-40(39)46(34-23-24-38-37-15-9-10-19-43(37)47(3,4)44(38)28-34)42-27-32(22-25-41(42)45)36-18-11-13-31-12-5-6-14-35(31)36/h6-28H,1-5H3;2*5-28H,1-4H3. The molecule has 24 aromatic carbocycles. The second-order valence-corrected chi connectivity index (χ2v) is 41.9. The highest BCUT2D eigenvalue weighted by atomic mass is 14.4. The van der Waals surface area contributed by atoms with Crippen LogP contribution in [-0.2, 0) is 16.2 Å². The summed E-state index contributed by atoms with van der Waals surface area (Å²) < 4.78 is 0. The van der Waals surface area contributed by atoms with Crippen molar-refractivity contribution in [1.29, 1.82) is 0 Å². The summed E-state index contributed by atoms with van der Waals surface area (Å²) in [4.78, 5) is 0. The second kappa shape index (κ2) is 33.7. The molecule has 0 atom stereocenters. The van der Waals surface area contributed by atoms with Gasteiger partial charge in [0.15, 0.2) is 0 Å². The molecule has 0 saturated carbocycles. The summed E-state index contributed by atoms with van der Waals surface area (Å²) in [6.07, 6.45) is 0. The zero-order chi connectivity index (χ0) is 96.5. The van der Waals surface area contributed by atoms with Crippen LogP contribution >= 0.6 is 0 Å². The first-order valence-electron chi connectivity index (χ1n) is 50.5. The summed E-state index contributed by atoms with van der Waals surface area (Å²) >= 11 is 0. The predicted octanol–water partition coefficient (Wildman–Crippen LogP) is 39.5. The molecule has 0 N–H and O–H groups in total. The molecule has 0 unspecified atom stereocenters. The van der Waals surface area contributed by atoms with Crippen LogP contribution in [0.25, 0.3) is 230 Å². The number of benzene rings is 24. The number of hydrogen-bond donors (Lipinski definition) is 0. The Morgan fingerprint density at radius 3 is 0.746 bits per heavy atom. The molecule has 678 valence electrons. The average molecular weight is 1820 g/mol. The van der Waals surface area contributed by atoms with Crippen molar-refractivity contribution in [1.82, 2.24) is 0 Å². The third-order valence-electron chi connectivity index (χ3n) is 32.7. The van der Waals surface area contributed by atoms with Gasteiger partial charge in [0.2, 0.25) is 0 Å². The SMILES string of the molecule is Cc1cc(-c2c3ccccc3c(-c3ccc4c(c3)C(C)(C)c3ccccc3-4)c3cc(-c4cccc5ccccc45)ccc23)cc(C)c1C.Cc1ccc(-c2c3ccccc3c(-c3ccc4c(c3)C(C)(C)c3ccccc3-4)c3cc(-c4cccc5ccccc45)ccc23)c(C)c1.Cc1ccc(-c2c3ccccc3c(-c3ccc4c(c3)C(C)(C)c3ccccc3-4)c3cc(-c4cccc5ccccc45)ccc23)cc1C. The highest BCUT2D eigenvalue weighted by Crippen LogP contribution is 2.58. The minimum Gasteiger partial charge on any atom is -0.0619 e. The van der Waals surface area contributed by atoms with Crippen molar-refractivity contribution in [3.05, 3.63) is 503 Å². The minimum absolute atomic E-state index is 0.0684. The van der Waals surface area contributed by atoms with Gasteiger partial charge >= 0.3 is 0 Å². The quantitative estimate of drug-likeness (QED) is 0.126. The number of fused-ring (bicyclic) bond motifs is 18. The lowest BCUT2D eigenvalue weighted by Gasteiger charge is -2.23. The summed E-state index contributed by atoms with van der Waals surface area (Å²) in [5.41, 5.74) is 48.7.